The third kappa shape index (κ3) is 4.14. The van der Waals surface area contributed by atoms with Crippen molar-refractivity contribution in [3.8, 4) is 11.5 Å². The van der Waals surface area contributed by atoms with E-state index in [1.807, 2.05) is 79.7 Å². The van der Waals surface area contributed by atoms with Crippen LogP contribution in [-0.2, 0) is 11.3 Å². The van der Waals surface area contributed by atoms with Gasteiger partial charge in [-0.2, -0.15) is 0 Å². The van der Waals surface area contributed by atoms with Gasteiger partial charge in [0.15, 0.2) is 12.6 Å². The second-order valence-electron chi connectivity index (χ2n) is 7.84. The van der Waals surface area contributed by atoms with Gasteiger partial charge in [-0.3, -0.25) is 4.79 Å². The van der Waals surface area contributed by atoms with Gasteiger partial charge in [0.2, 0.25) is 0 Å². The Morgan fingerprint density at radius 3 is 2.41 bits per heavy atom. The van der Waals surface area contributed by atoms with Crippen molar-refractivity contribution in [2.24, 2.45) is 0 Å². The van der Waals surface area contributed by atoms with Gasteiger partial charge in [-0.1, -0.05) is 54.6 Å². The minimum Gasteiger partial charge on any atom is -0.497 e. The molecule has 0 spiro atoms. The first-order valence-corrected chi connectivity index (χ1v) is 11.8. The second-order valence-corrected chi connectivity index (χ2v) is 8.90. The highest BCUT2D eigenvalue weighted by atomic mass is 32.1. The lowest BCUT2D eigenvalue weighted by Gasteiger charge is -2.13. The number of allylic oxidation sites excluding steroid dienone is 1. The number of Topliss-reactive ketones (excluding diaryl/α,β-unsaturated/α-hetero) is 1. The number of carbonyl (C=O) groups is 1. The van der Waals surface area contributed by atoms with Gasteiger partial charge >= 0.3 is 0 Å². The SMILES string of the molecule is COc1ccc(C2=C(c3ncsc3C)c3c(OCOCc4ccccc4)cccc3C2=O)cc1. The number of hydrogen-bond acceptors (Lipinski definition) is 6. The summed E-state index contributed by atoms with van der Waals surface area (Å²) in [5.41, 5.74) is 7.26. The first-order valence-electron chi connectivity index (χ1n) is 10.9. The summed E-state index contributed by atoms with van der Waals surface area (Å²) in [5, 5.41) is 0. The van der Waals surface area contributed by atoms with Crippen LogP contribution >= 0.6 is 11.3 Å². The van der Waals surface area contributed by atoms with E-state index in [2.05, 4.69) is 4.98 Å². The summed E-state index contributed by atoms with van der Waals surface area (Å²) in [7, 11) is 1.62. The van der Waals surface area contributed by atoms with Gasteiger partial charge in [-0.15, -0.1) is 11.3 Å². The Morgan fingerprint density at radius 2 is 1.71 bits per heavy atom. The molecule has 5 nitrogen and oxygen atoms in total. The quantitative estimate of drug-likeness (QED) is 0.228. The predicted molar refractivity (Wildman–Crippen MR) is 133 cm³/mol. The van der Waals surface area contributed by atoms with Gasteiger partial charge in [0, 0.05) is 27.2 Å². The molecule has 6 heteroatoms. The van der Waals surface area contributed by atoms with E-state index in [4.69, 9.17) is 14.2 Å². The molecule has 3 aromatic carbocycles. The van der Waals surface area contributed by atoms with E-state index in [1.165, 1.54) is 0 Å². The Morgan fingerprint density at radius 1 is 0.912 bits per heavy atom. The van der Waals surface area contributed by atoms with Crippen molar-refractivity contribution < 1.29 is 19.0 Å². The van der Waals surface area contributed by atoms with Crippen LogP contribution in [0.1, 0.15) is 37.6 Å². The molecular weight excluding hydrogens is 446 g/mol. The van der Waals surface area contributed by atoms with Crippen LogP contribution in [0.2, 0.25) is 0 Å². The van der Waals surface area contributed by atoms with Gasteiger partial charge in [-0.25, -0.2) is 4.98 Å². The van der Waals surface area contributed by atoms with Crippen molar-refractivity contribution in [3.63, 3.8) is 0 Å². The van der Waals surface area contributed by atoms with Crippen LogP contribution in [0.25, 0.3) is 11.1 Å². The number of carbonyl (C=O) groups excluding carboxylic acids is 1. The summed E-state index contributed by atoms with van der Waals surface area (Å²) in [6, 6.07) is 23.0. The van der Waals surface area contributed by atoms with Gasteiger partial charge in [0.25, 0.3) is 0 Å². The maximum Gasteiger partial charge on any atom is 0.195 e. The number of rotatable bonds is 8. The Kier molecular flexibility index (Phi) is 6.25. The van der Waals surface area contributed by atoms with E-state index in [9.17, 15) is 4.79 Å². The van der Waals surface area contributed by atoms with Crippen LogP contribution in [0.3, 0.4) is 0 Å². The molecule has 0 fully saturated rings. The topological polar surface area (TPSA) is 57.6 Å². The Bertz CT molecular complexity index is 1360. The Labute approximate surface area is 202 Å². The molecule has 0 amide bonds. The van der Waals surface area contributed by atoms with Crippen molar-refractivity contribution in [2.75, 3.05) is 13.9 Å². The number of thiazole rings is 1. The third-order valence-corrected chi connectivity index (χ3v) is 6.53. The van der Waals surface area contributed by atoms with Gasteiger partial charge in [-0.05, 0) is 36.2 Å². The molecule has 0 radical (unpaired) electrons. The summed E-state index contributed by atoms with van der Waals surface area (Å²) >= 11 is 1.55. The fourth-order valence-electron chi connectivity index (χ4n) is 4.13. The lowest BCUT2D eigenvalue weighted by molar-refractivity contribution is 0.00488. The molecule has 1 heterocycles. The van der Waals surface area contributed by atoms with Crippen LogP contribution in [-0.4, -0.2) is 24.7 Å². The second kappa shape index (κ2) is 9.63. The van der Waals surface area contributed by atoms with Gasteiger partial charge in [0.1, 0.15) is 11.5 Å². The summed E-state index contributed by atoms with van der Waals surface area (Å²) in [6.07, 6.45) is 0. The molecule has 1 aliphatic carbocycles. The minimum atomic E-state index is -0.0433. The zero-order chi connectivity index (χ0) is 23.5. The van der Waals surface area contributed by atoms with Crippen molar-refractivity contribution in [2.45, 2.75) is 13.5 Å². The molecule has 5 rings (SSSR count). The summed E-state index contributed by atoms with van der Waals surface area (Å²) in [6.45, 7) is 2.53. The van der Waals surface area contributed by atoms with E-state index in [0.29, 0.717) is 23.5 Å². The molecule has 4 aromatic rings. The lowest BCUT2D eigenvalue weighted by atomic mass is 9.97. The molecule has 0 saturated heterocycles. The summed E-state index contributed by atoms with van der Waals surface area (Å²) in [4.78, 5) is 19.3. The molecule has 0 bridgehead atoms. The Balaban J connectivity index is 1.53. The number of aromatic nitrogens is 1. The zero-order valence-corrected chi connectivity index (χ0v) is 19.7. The molecule has 1 aromatic heterocycles. The molecule has 170 valence electrons. The monoisotopic (exact) mass is 469 g/mol. The van der Waals surface area contributed by atoms with Crippen molar-refractivity contribution in [3.05, 3.63) is 111 Å². The Hall–Kier alpha value is -3.74. The molecule has 0 unspecified atom stereocenters. The van der Waals surface area contributed by atoms with Crippen molar-refractivity contribution in [1.29, 1.82) is 0 Å². The van der Waals surface area contributed by atoms with Crippen molar-refractivity contribution in [1.82, 2.24) is 4.98 Å². The number of hydrogen-bond donors (Lipinski definition) is 0. The van der Waals surface area contributed by atoms with E-state index in [-0.39, 0.29) is 12.6 Å². The molecular formula is C28H23NO4S. The first kappa shape index (κ1) is 22.1. The molecule has 34 heavy (non-hydrogen) atoms. The normalized spacial score (nSPS) is 12.7. The molecule has 1 aliphatic rings. The third-order valence-electron chi connectivity index (χ3n) is 5.77. The zero-order valence-electron chi connectivity index (χ0n) is 18.9. The highest BCUT2D eigenvalue weighted by Crippen LogP contribution is 2.47. The highest BCUT2D eigenvalue weighted by molar-refractivity contribution is 7.09. The van der Waals surface area contributed by atoms with Crippen LogP contribution in [0.4, 0.5) is 0 Å². The number of aryl methyl sites for hydroxylation is 1. The van der Waals surface area contributed by atoms with Crippen LogP contribution in [0, 0.1) is 6.92 Å². The number of benzene rings is 3. The maximum absolute atomic E-state index is 13.6. The summed E-state index contributed by atoms with van der Waals surface area (Å²) in [5.74, 6) is 1.29. The number of ether oxygens (including phenoxy) is 3. The number of methoxy groups -OCH3 is 1. The standard InChI is InChI=1S/C28H23NO4S/c1-18-27(29-16-34-18)26-24(20-11-13-21(31-2)14-12-20)28(30)22-9-6-10-23(25(22)26)33-17-32-15-19-7-4-3-5-8-19/h3-14,16H,15,17H2,1-2H3. The largest absolute Gasteiger partial charge is 0.497 e. The van der Waals surface area contributed by atoms with Crippen molar-refractivity contribution >= 4 is 28.3 Å². The predicted octanol–water partition coefficient (Wildman–Crippen LogP) is 6.17. The molecule has 0 atom stereocenters. The van der Waals surface area contributed by atoms with Crippen LogP contribution in [0.5, 0.6) is 11.5 Å². The number of nitrogens with zero attached hydrogens (tertiary/aromatic N) is 1. The smallest absolute Gasteiger partial charge is 0.195 e. The number of fused-ring (bicyclic) bond motifs is 1. The first-order chi connectivity index (χ1) is 16.7. The van der Waals surface area contributed by atoms with E-state index in [0.717, 1.165) is 38.6 Å². The average Bonchev–Trinajstić information content (AvgIpc) is 3.43. The minimum absolute atomic E-state index is 0.0433. The van der Waals surface area contributed by atoms with Crippen LogP contribution in [0.15, 0.2) is 78.3 Å². The molecule has 0 aliphatic heterocycles. The van der Waals surface area contributed by atoms with E-state index >= 15 is 0 Å². The summed E-state index contributed by atoms with van der Waals surface area (Å²) < 4.78 is 17.1. The fourth-order valence-corrected chi connectivity index (χ4v) is 4.71. The van der Waals surface area contributed by atoms with Crippen LogP contribution < -0.4 is 9.47 Å². The van der Waals surface area contributed by atoms with Gasteiger partial charge in [0.05, 0.1) is 24.9 Å². The van der Waals surface area contributed by atoms with Gasteiger partial charge < -0.3 is 14.2 Å². The van der Waals surface area contributed by atoms with E-state index < -0.39 is 0 Å². The van der Waals surface area contributed by atoms with E-state index in [1.54, 1.807) is 24.0 Å². The maximum atomic E-state index is 13.6. The average molecular weight is 470 g/mol. The molecule has 0 N–H and O–H groups in total. The highest BCUT2D eigenvalue weighted by Gasteiger charge is 2.35. The number of ketones is 1. The lowest BCUT2D eigenvalue weighted by Crippen LogP contribution is -2.05. The molecule has 0 saturated carbocycles. The fraction of sp³-hybridized carbons (Fsp3) is 0.143.